The maximum absolute atomic E-state index is 12.6. The van der Waals surface area contributed by atoms with Crippen molar-refractivity contribution in [2.45, 2.75) is 57.7 Å². The molecule has 4 heteroatoms. The normalized spacial score (nSPS) is 38.4. The Morgan fingerprint density at radius 2 is 1.94 bits per heavy atom. The van der Waals surface area contributed by atoms with Gasteiger partial charge in [0.15, 0.2) is 0 Å². The molecular weight excluding hydrogens is 241 g/mol. The average Bonchev–Trinajstić information content (AvgIpc) is 2.29. The first-order chi connectivity index (χ1) is 8.38. The first-order valence-corrected chi connectivity index (χ1v) is 6.81. The van der Waals surface area contributed by atoms with Gasteiger partial charge < -0.3 is 5.11 Å². The van der Waals surface area contributed by atoms with Crippen LogP contribution in [-0.4, -0.2) is 17.4 Å². The summed E-state index contributed by atoms with van der Waals surface area (Å²) in [5.74, 6) is -0.680. The summed E-state index contributed by atoms with van der Waals surface area (Å²) in [7, 11) is 0. The van der Waals surface area contributed by atoms with Gasteiger partial charge in [0.1, 0.15) is 0 Å². The lowest BCUT2D eigenvalue weighted by molar-refractivity contribution is -0.192. The van der Waals surface area contributed by atoms with E-state index in [0.29, 0.717) is 12.3 Å². The van der Waals surface area contributed by atoms with E-state index in [4.69, 9.17) is 0 Å². The van der Waals surface area contributed by atoms with Crippen molar-refractivity contribution in [3.8, 4) is 0 Å². The van der Waals surface area contributed by atoms with Crippen molar-refractivity contribution in [3.63, 3.8) is 0 Å². The van der Waals surface area contributed by atoms with Gasteiger partial charge in [0.25, 0.3) is 0 Å². The van der Waals surface area contributed by atoms with Gasteiger partial charge in [-0.25, -0.2) is 0 Å². The minimum atomic E-state index is -4.15. The van der Waals surface area contributed by atoms with E-state index >= 15 is 0 Å². The maximum Gasteiger partial charge on any atom is 0.391 e. The second kappa shape index (κ2) is 5.24. The zero-order valence-electron chi connectivity index (χ0n) is 10.7. The van der Waals surface area contributed by atoms with E-state index in [-0.39, 0.29) is 18.8 Å². The first-order valence-electron chi connectivity index (χ1n) is 6.81. The van der Waals surface area contributed by atoms with E-state index in [2.05, 4.69) is 13.0 Å². The third-order valence-corrected chi connectivity index (χ3v) is 4.46. The Hall–Kier alpha value is -0.510. The lowest BCUT2D eigenvalue weighted by Crippen LogP contribution is -2.37. The van der Waals surface area contributed by atoms with Crippen molar-refractivity contribution < 1.29 is 18.3 Å². The Morgan fingerprint density at radius 3 is 2.44 bits per heavy atom. The molecule has 104 valence electrons. The van der Waals surface area contributed by atoms with E-state index in [0.717, 1.165) is 19.3 Å². The van der Waals surface area contributed by atoms with E-state index in [9.17, 15) is 18.3 Å². The molecule has 1 fully saturated rings. The van der Waals surface area contributed by atoms with E-state index in [1.165, 1.54) is 5.57 Å². The Balaban J connectivity index is 1.98. The van der Waals surface area contributed by atoms with Gasteiger partial charge in [-0.05, 0) is 44.4 Å². The predicted octanol–water partition coefficient (Wildman–Crippen LogP) is 4.07. The Labute approximate surface area is 106 Å². The topological polar surface area (TPSA) is 20.2 Å². The van der Waals surface area contributed by atoms with E-state index in [1.54, 1.807) is 0 Å². The molecule has 0 radical (unpaired) electrons. The summed E-state index contributed by atoms with van der Waals surface area (Å²) >= 11 is 0. The van der Waals surface area contributed by atoms with Gasteiger partial charge in [0.05, 0.1) is 12.0 Å². The molecule has 2 aliphatic carbocycles. The van der Waals surface area contributed by atoms with Gasteiger partial charge in [-0.15, -0.1) is 0 Å². The third kappa shape index (κ3) is 3.08. The molecule has 0 aliphatic heterocycles. The van der Waals surface area contributed by atoms with Crippen LogP contribution in [0, 0.1) is 17.8 Å². The minimum Gasteiger partial charge on any atom is -0.392 e. The molecule has 4 atom stereocenters. The Kier molecular flexibility index (Phi) is 4.05. The highest BCUT2D eigenvalue weighted by Crippen LogP contribution is 2.43. The number of alkyl halides is 3. The van der Waals surface area contributed by atoms with Crippen LogP contribution in [0.5, 0.6) is 0 Å². The average molecular weight is 262 g/mol. The van der Waals surface area contributed by atoms with Crippen LogP contribution in [0.15, 0.2) is 11.6 Å². The quantitative estimate of drug-likeness (QED) is 0.706. The van der Waals surface area contributed by atoms with Crippen molar-refractivity contribution in [1.82, 2.24) is 0 Å². The van der Waals surface area contributed by atoms with Gasteiger partial charge in [-0.2, -0.15) is 13.2 Å². The van der Waals surface area contributed by atoms with E-state index in [1.807, 2.05) is 0 Å². The molecule has 1 N–H and O–H groups in total. The second-order valence-electron chi connectivity index (χ2n) is 5.88. The fourth-order valence-corrected chi connectivity index (χ4v) is 3.20. The summed E-state index contributed by atoms with van der Waals surface area (Å²) < 4.78 is 37.8. The minimum absolute atomic E-state index is 0.0314. The number of aliphatic hydroxyl groups is 1. The molecule has 0 aromatic carbocycles. The number of rotatable bonds is 1. The summed E-state index contributed by atoms with van der Waals surface area (Å²) in [5, 5.41) is 9.98. The molecule has 0 heterocycles. The molecule has 2 aliphatic rings. The van der Waals surface area contributed by atoms with Crippen LogP contribution in [0.1, 0.15) is 45.4 Å². The molecule has 0 aromatic rings. The number of halogens is 3. The molecular formula is C14H21F3O. The molecule has 1 nitrogen and oxygen atoms in total. The highest BCUT2D eigenvalue weighted by molar-refractivity contribution is 5.13. The Bertz CT molecular complexity index is 321. The van der Waals surface area contributed by atoms with Crippen LogP contribution in [0.25, 0.3) is 0 Å². The molecule has 18 heavy (non-hydrogen) atoms. The molecule has 1 saturated carbocycles. The molecule has 0 bridgehead atoms. The summed E-state index contributed by atoms with van der Waals surface area (Å²) in [5.41, 5.74) is 1.20. The third-order valence-electron chi connectivity index (χ3n) is 4.46. The highest BCUT2D eigenvalue weighted by atomic mass is 19.4. The van der Waals surface area contributed by atoms with Crippen molar-refractivity contribution in [2.24, 2.45) is 17.8 Å². The molecule has 0 amide bonds. The molecule has 2 rings (SSSR count). The van der Waals surface area contributed by atoms with Crippen molar-refractivity contribution in [3.05, 3.63) is 11.6 Å². The van der Waals surface area contributed by atoms with Crippen LogP contribution in [0.2, 0.25) is 0 Å². The smallest absolute Gasteiger partial charge is 0.391 e. The summed E-state index contributed by atoms with van der Waals surface area (Å²) in [6.07, 6.45) is 0.741. The fourth-order valence-electron chi connectivity index (χ4n) is 3.20. The standard InChI is InChI=1S/C14H21F3O/c1-9-2-4-10(5-3-9)12-7-6-11(8-13(12)18)14(15,16)17/h4,9,11-13,18H,2-3,5-8H2,1H3. The largest absolute Gasteiger partial charge is 0.392 e. The summed E-state index contributed by atoms with van der Waals surface area (Å²) in [6, 6.07) is 0. The van der Waals surface area contributed by atoms with Crippen LogP contribution in [0.3, 0.4) is 0 Å². The molecule has 0 saturated heterocycles. The summed E-state index contributed by atoms with van der Waals surface area (Å²) in [6.45, 7) is 2.18. The number of allylic oxidation sites excluding steroid dienone is 1. The number of hydrogen-bond acceptors (Lipinski definition) is 1. The van der Waals surface area contributed by atoms with Gasteiger partial charge in [0, 0.05) is 5.92 Å². The summed E-state index contributed by atoms with van der Waals surface area (Å²) in [4.78, 5) is 0. The zero-order valence-corrected chi connectivity index (χ0v) is 10.7. The van der Waals surface area contributed by atoms with Gasteiger partial charge in [0.2, 0.25) is 0 Å². The Morgan fingerprint density at radius 1 is 1.22 bits per heavy atom. The fraction of sp³-hybridized carbons (Fsp3) is 0.857. The van der Waals surface area contributed by atoms with Crippen LogP contribution in [-0.2, 0) is 0 Å². The molecule has 0 aromatic heterocycles. The van der Waals surface area contributed by atoms with Crippen LogP contribution >= 0.6 is 0 Å². The SMILES string of the molecule is CC1CC=C(C2CCC(C(F)(F)F)CC2O)CC1. The maximum atomic E-state index is 12.6. The number of aliphatic hydroxyl groups excluding tert-OH is 1. The zero-order chi connectivity index (χ0) is 13.3. The number of hydrogen-bond donors (Lipinski definition) is 1. The van der Waals surface area contributed by atoms with Gasteiger partial charge in [-0.1, -0.05) is 18.6 Å². The predicted molar refractivity (Wildman–Crippen MR) is 64.0 cm³/mol. The lowest BCUT2D eigenvalue weighted by Gasteiger charge is -2.36. The van der Waals surface area contributed by atoms with Crippen molar-refractivity contribution in [2.75, 3.05) is 0 Å². The highest BCUT2D eigenvalue weighted by Gasteiger charge is 2.45. The lowest BCUT2D eigenvalue weighted by atomic mass is 9.73. The van der Waals surface area contributed by atoms with Crippen molar-refractivity contribution in [1.29, 1.82) is 0 Å². The molecule has 4 unspecified atom stereocenters. The monoisotopic (exact) mass is 262 g/mol. The van der Waals surface area contributed by atoms with E-state index < -0.39 is 18.2 Å². The second-order valence-corrected chi connectivity index (χ2v) is 5.88. The van der Waals surface area contributed by atoms with Gasteiger partial charge >= 0.3 is 6.18 Å². The van der Waals surface area contributed by atoms with Gasteiger partial charge in [-0.3, -0.25) is 0 Å². The van der Waals surface area contributed by atoms with Crippen molar-refractivity contribution >= 4 is 0 Å². The first kappa shape index (κ1) is 13.9. The van der Waals surface area contributed by atoms with Crippen LogP contribution in [0.4, 0.5) is 13.2 Å². The molecule has 0 spiro atoms. The van der Waals surface area contributed by atoms with Crippen LogP contribution < -0.4 is 0 Å².